The van der Waals surface area contributed by atoms with Crippen molar-refractivity contribution < 1.29 is 4.79 Å². The Bertz CT molecular complexity index is 347. The molecule has 0 aliphatic rings. The van der Waals surface area contributed by atoms with E-state index in [2.05, 4.69) is 0 Å². The minimum absolute atomic E-state index is 0.711. The van der Waals surface area contributed by atoms with Gasteiger partial charge in [0.2, 0.25) is 0 Å². The quantitative estimate of drug-likeness (QED) is 0.575. The monoisotopic (exact) mass is 226 g/mol. The van der Waals surface area contributed by atoms with E-state index >= 15 is 0 Å². The lowest BCUT2D eigenvalue weighted by Crippen LogP contribution is -1.83. The lowest BCUT2D eigenvalue weighted by atomic mass is 10.2. The molecule has 0 bridgehead atoms. The van der Waals surface area contributed by atoms with Gasteiger partial charge in [0.25, 0.3) is 0 Å². The van der Waals surface area contributed by atoms with Crippen LogP contribution in [0.15, 0.2) is 40.3 Å². The van der Waals surface area contributed by atoms with Crippen LogP contribution in [0.25, 0.3) is 0 Å². The van der Waals surface area contributed by atoms with E-state index < -0.39 is 0 Å². The Hall–Kier alpha value is -0.730. The van der Waals surface area contributed by atoms with Crippen LogP contribution in [0.4, 0.5) is 0 Å². The van der Waals surface area contributed by atoms with Gasteiger partial charge >= 0.3 is 0 Å². The van der Waals surface area contributed by atoms with E-state index in [9.17, 15) is 4.79 Å². The number of rotatable bonds is 4. The highest BCUT2D eigenvalue weighted by molar-refractivity contribution is 7.99. The highest BCUT2D eigenvalue weighted by Gasteiger charge is 1.96. The van der Waals surface area contributed by atoms with E-state index in [0.29, 0.717) is 5.56 Å². The van der Waals surface area contributed by atoms with Gasteiger partial charge < -0.3 is 0 Å². The summed E-state index contributed by atoms with van der Waals surface area (Å²) in [6.45, 7) is 1.98. The Morgan fingerprint density at radius 2 is 2.36 bits per heavy atom. The molecule has 74 valence electrons. The fourth-order valence-corrected chi connectivity index (χ4v) is 1.95. The van der Waals surface area contributed by atoms with Gasteiger partial charge in [0.1, 0.15) is 6.29 Å². The number of hydrogen-bond acceptors (Lipinski definition) is 2. The molecular weight excluding hydrogens is 216 g/mol. The molecule has 1 aromatic rings. The Labute approximate surface area is 93.2 Å². The summed E-state index contributed by atoms with van der Waals surface area (Å²) in [6, 6.07) is 7.53. The number of aldehydes is 1. The van der Waals surface area contributed by atoms with Crippen LogP contribution in [0.1, 0.15) is 17.3 Å². The molecule has 1 nitrogen and oxygen atoms in total. The maximum Gasteiger partial charge on any atom is 0.150 e. The van der Waals surface area contributed by atoms with E-state index in [1.54, 1.807) is 23.4 Å². The van der Waals surface area contributed by atoms with Gasteiger partial charge in [-0.25, -0.2) is 0 Å². The van der Waals surface area contributed by atoms with Crippen molar-refractivity contribution in [2.45, 2.75) is 11.8 Å². The first kappa shape index (κ1) is 11.3. The van der Waals surface area contributed by atoms with Crippen LogP contribution in [0.3, 0.4) is 0 Å². The summed E-state index contributed by atoms with van der Waals surface area (Å²) in [5.74, 6) is 0.853. The number of carbonyl (C=O) groups excluding carboxylic acids is 1. The zero-order valence-corrected chi connectivity index (χ0v) is 9.44. The molecule has 0 aliphatic heterocycles. The Morgan fingerprint density at radius 1 is 1.57 bits per heavy atom. The first-order valence-corrected chi connectivity index (χ1v) is 5.62. The molecule has 1 aromatic carbocycles. The summed E-state index contributed by atoms with van der Waals surface area (Å²) in [6.07, 6.45) is 0.855. The molecule has 0 fully saturated rings. The molecule has 0 spiro atoms. The van der Waals surface area contributed by atoms with Gasteiger partial charge in [0, 0.05) is 21.7 Å². The van der Waals surface area contributed by atoms with E-state index in [-0.39, 0.29) is 0 Å². The van der Waals surface area contributed by atoms with E-state index in [0.717, 1.165) is 22.5 Å². The molecular formula is C11H11ClOS. The largest absolute Gasteiger partial charge is 0.298 e. The minimum atomic E-state index is 0.711. The van der Waals surface area contributed by atoms with Crippen molar-refractivity contribution in [3.63, 3.8) is 0 Å². The molecule has 0 amide bonds. The van der Waals surface area contributed by atoms with Gasteiger partial charge in [-0.05, 0) is 19.1 Å². The molecule has 14 heavy (non-hydrogen) atoms. The molecule has 0 radical (unpaired) electrons. The fraction of sp³-hybridized carbons (Fsp3) is 0.182. The smallest absolute Gasteiger partial charge is 0.150 e. The predicted octanol–water partition coefficient (Wildman–Crippen LogP) is 3.73. The van der Waals surface area contributed by atoms with Crippen LogP contribution in [-0.4, -0.2) is 12.0 Å². The SMILES string of the molecule is C/C(=C/Cl)CSc1cccc(C=O)c1. The molecule has 1 rings (SSSR count). The molecule has 0 aliphatic carbocycles. The summed E-state index contributed by atoms with van der Waals surface area (Å²) in [5.41, 5.74) is 3.41. The minimum Gasteiger partial charge on any atom is -0.298 e. The average Bonchev–Trinajstić information content (AvgIpc) is 2.26. The third kappa shape index (κ3) is 3.56. The van der Waals surface area contributed by atoms with Gasteiger partial charge in [-0.3, -0.25) is 4.79 Å². The lowest BCUT2D eigenvalue weighted by molar-refractivity contribution is 0.112. The van der Waals surface area contributed by atoms with Gasteiger partial charge in [-0.15, -0.1) is 11.8 Å². The van der Waals surface area contributed by atoms with Crippen molar-refractivity contribution in [2.75, 3.05) is 5.75 Å². The number of carbonyl (C=O) groups is 1. The summed E-state index contributed by atoms with van der Waals surface area (Å²) in [4.78, 5) is 11.6. The second kappa shape index (κ2) is 5.89. The summed E-state index contributed by atoms with van der Waals surface area (Å²) in [7, 11) is 0. The van der Waals surface area contributed by atoms with Crippen molar-refractivity contribution in [3.8, 4) is 0 Å². The van der Waals surface area contributed by atoms with Gasteiger partial charge in [0.15, 0.2) is 0 Å². The number of halogens is 1. The highest BCUT2D eigenvalue weighted by Crippen LogP contribution is 2.21. The molecule has 0 atom stereocenters. The predicted molar refractivity (Wildman–Crippen MR) is 62.2 cm³/mol. The first-order chi connectivity index (χ1) is 6.76. The second-order valence-corrected chi connectivity index (χ2v) is 4.20. The standard InChI is InChI=1S/C11H11ClOS/c1-9(6-12)8-14-11-4-2-3-10(5-11)7-13/h2-7H,8H2,1H3/b9-6-. The normalized spacial score (nSPS) is 11.4. The van der Waals surface area contributed by atoms with Gasteiger partial charge in [-0.2, -0.15) is 0 Å². The Balaban J connectivity index is 2.63. The van der Waals surface area contributed by atoms with Crippen molar-refractivity contribution in [3.05, 3.63) is 40.9 Å². The zero-order chi connectivity index (χ0) is 10.4. The first-order valence-electron chi connectivity index (χ1n) is 4.20. The molecule has 0 aromatic heterocycles. The maximum absolute atomic E-state index is 10.5. The van der Waals surface area contributed by atoms with Crippen LogP contribution in [0.5, 0.6) is 0 Å². The van der Waals surface area contributed by atoms with Crippen LogP contribution >= 0.6 is 23.4 Å². The third-order valence-corrected chi connectivity index (χ3v) is 3.21. The molecule has 0 saturated carbocycles. The Kier molecular flexibility index (Phi) is 4.77. The summed E-state index contributed by atoms with van der Waals surface area (Å²) >= 11 is 7.22. The van der Waals surface area contributed by atoms with Gasteiger partial charge in [-0.1, -0.05) is 29.3 Å². The molecule has 0 saturated heterocycles. The van der Waals surface area contributed by atoms with Gasteiger partial charge in [0.05, 0.1) is 0 Å². The van der Waals surface area contributed by atoms with Crippen molar-refractivity contribution in [1.29, 1.82) is 0 Å². The van der Waals surface area contributed by atoms with E-state index in [1.165, 1.54) is 0 Å². The summed E-state index contributed by atoms with van der Waals surface area (Å²) < 4.78 is 0. The Morgan fingerprint density at radius 3 is 3.00 bits per heavy atom. The molecule has 0 heterocycles. The van der Waals surface area contributed by atoms with Crippen molar-refractivity contribution in [2.24, 2.45) is 0 Å². The van der Waals surface area contributed by atoms with Crippen molar-refractivity contribution in [1.82, 2.24) is 0 Å². The molecule has 0 N–H and O–H groups in total. The maximum atomic E-state index is 10.5. The second-order valence-electron chi connectivity index (χ2n) is 2.93. The van der Waals surface area contributed by atoms with Crippen LogP contribution in [-0.2, 0) is 0 Å². The van der Waals surface area contributed by atoms with Crippen LogP contribution in [0, 0.1) is 0 Å². The highest BCUT2D eigenvalue weighted by atomic mass is 35.5. The number of thioether (sulfide) groups is 1. The number of benzene rings is 1. The molecule has 0 unspecified atom stereocenters. The summed E-state index contributed by atoms with van der Waals surface area (Å²) in [5, 5.41) is 0. The van der Waals surface area contributed by atoms with E-state index in [4.69, 9.17) is 11.6 Å². The average molecular weight is 227 g/mol. The molecule has 3 heteroatoms. The topological polar surface area (TPSA) is 17.1 Å². The van der Waals surface area contributed by atoms with Crippen LogP contribution < -0.4 is 0 Å². The fourth-order valence-electron chi connectivity index (χ4n) is 0.906. The van der Waals surface area contributed by atoms with E-state index in [1.807, 2.05) is 25.1 Å². The number of hydrogen-bond donors (Lipinski definition) is 0. The zero-order valence-electron chi connectivity index (χ0n) is 7.87. The van der Waals surface area contributed by atoms with Crippen LogP contribution in [0.2, 0.25) is 0 Å². The van der Waals surface area contributed by atoms with Crippen molar-refractivity contribution >= 4 is 29.6 Å². The lowest BCUT2D eigenvalue weighted by Gasteiger charge is -2.01. The third-order valence-electron chi connectivity index (χ3n) is 1.65.